The fourth-order valence-electron chi connectivity index (χ4n) is 2.59. The van der Waals surface area contributed by atoms with Crippen LogP contribution in [0.1, 0.15) is 48.8 Å². The second kappa shape index (κ2) is 8.65. The third kappa shape index (κ3) is 5.16. The fourth-order valence-corrected chi connectivity index (χ4v) is 6.58. The van der Waals surface area contributed by atoms with Gasteiger partial charge in [0, 0.05) is 11.4 Å². The molecule has 0 amide bonds. The van der Waals surface area contributed by atoms with Crippen molar-refractivity contribution >= 4 is 31.2 Å². The monoisotopic (exact) mass is 415 g/mol. The van der Waals surface area contributed by atoms with Gasteiger partial charge >= 0.3 is 0 Å². The molecule has 144 valence electrons. The van der Waals surface area contributed by atoms with E-state index in [2.05, 4.69) is 4.72 Å². The summed E-state index contributed by atoms with van der Waals surface area (Å²) < 4.78 is 52.7. The van der Waals surface area contributed by atoms with Crippen molar-refractivity contribution in [2.24, 2.45) is 0 Å². The lowest BCUT2D eigenvalue weighted by molar-refractivity contribution is 0.569. The number of sulfonamides is 1. The van der Waals surface area contributed by atoms with Crippen LogP contribution in [-0.4, -0.2) is 29.1 Å². The van der Waals surface area contributed by atoms with Crippen molar-refractivity contribution in [2.75, 3.05) is 12.3 Å². The topological polar surface area (TPSA) is 80.3 Å². The molecular weight excluding hydrogens is 390 g/mol. The van der Waals surface area contributed by atoms with Crippen LogP contribution in [0.5, 0.6) is 0 Å². The number of hydrogen-bond donors (Lipinski definition) is 1. The minimum atomic E-state index is -3.72. The second-order valence-electron chi connectivity index (χ2n) is 6.44. The molecule has 2 aromatic rings. The van der Waals surface area contributed by atoms with Gasteiger partial charge in [-0.1, -0.05) is 39.0 Å². The van der Waals surface area contributed by atoms with Gasteiger partial charge in [0.2, 0.25) is 10.0 Å². The zero-order valence-electron chi connectivity index (χ0n) is 15.2. The van der Waals surface area contributed by atoms with Crippen LogP contribution >= 0.6 is 11.3 Å². The Bertz CT molecular complexity index is 900. The van der Waals surface area contributed by atoms with E-state index in [0.717, 1.165) is 5.56 Å². The smallest absolute Gasteiger partial charge is 0.211 e. The highest BCUT2D eigenvalue weighted by Gasteiger charge is 2.31. The summed E-state index contributed by atoms with van der Waals surface area (Å²) in [7, 11) is -7.21. The minimum Gasteiger partial charge on any atom is -0.223 e. The van der Waals surface area contributed by atoms with Crippen molar-refractivity contribution in [1.82, 2.24) is 4.72 Å². The van der Waals surface area contributed by atoms with E-state index in [1.165, 1.54) is 11.3 Å². The molecule has 1 heterocycles. The van der Waals surface area contributed by atoms with Crippen LogP contribution in [0.2, 0.25) is 0 Å². The summed E-state index contributed by atoms with van der Waals surface area (Å²) in [6, 6.07) is 10.3. The van der Waals surface area contributed by atoms with E-state index in [-0.39, 0.29) is 17.2 Å². The molecule has 8 heteroatoms. The summed E-state index contributed by atoms with van der Waals surface area (Å²) in [6.45, 7) is 5.68. The lowest BCUT2D eigenvalue weighted by Gasteiger charge is -2.18. The quantitative estimate of drug-likeness (QED) is 0.677. The van der Waals surface area contributed by atoms with Crippen molar-refractivity contribution in [3.05, 3.63) is 52.2 Å². The first-order valence-electron chi connectivity index (χ1n) is 8.52. The van der Waals surface area contributed by atoms with Gasteiger partial charge in [-0.05, 0) is 41.5 Å². The Morgan fingerprint density at radius 2 is 1.69 bits per heavy atom. The Labute approximate surface area is 160 Å². The average molecular weight is 416 g/mol. The van der Waals surface area contributed by atoms with Crippen molar-refractivity contribution in [3.63, 3.8) is 0 Å². The van der Waals surface area contributed by atoms with Crippen LogP contribution in [-0.2, 0) is 19.9 Å². The SMILES string of the molecule is CCCS(=O)(=O)NC[C@H](c1cccs1)S(=O)(=O)c1ccc(C(C)C)cc1. The zero-order chi connectivity index (χ0) is 19.4. The predicted octanol–water partition coefficient (Wildman–Crippen LogP) is 3.72. The molecule has 0 aliphatic carbocycles. The molecular formula is C18H25NO4S3. The highest BCUT2D eigenvalue weighted by Crippen LogP contribution is 2.32. The normalized spacial score (nSPS) is 13.8. The first-order chi connectivity index (χ1) is 12.2. The molecule has 0 fully saturated rings. The van der Waals surface area contributed by atoms with Crippen LogP contribution in [0.4, 0.5) is 0 Å². The van der Waals surface area contributed by atoms with Gasteiger partial charge in [0.25, 0.3) is 0 Å². The summed E-state index contributed by atoms with van der Waals surface area (Å²) in [5.74, 6) is 0.286. The first kappa shape index (κ1) is 21.1. The van der Waals surface area contributed by atoms with Crippen molar-refractivity contribution in [3.8, 4) is 0 Å². The van der Waals surface area contributed by atoms with Gasteiger partial charge in [-0.2, -0.15) is 0 Å². The highest BCUT2D eigenvalue weighted by atomic mass is 32.2. The van der Waals surface area contributed by atoms with Crippen LogP contribution < -0.4 is 4.72 Å². The van der Waals surface area contributed by atoms with Gasteiger partial charge < -0.3 is 0 Å². The number of thiophene rings is 1. The van der Waals surface area contributed by atoms with E-state index in [4.69, 9.17) is 0 Å². The summed E-state index contributed by atoms with van der Waals surface area (Å²) in [6.07, 6.45) is 0.475. The van der Waals surface area contributed by atoms with E-state index in [1.54, 1.807) is 36.6 Å². The Morgan fingerprint density at radius 1 is 1.04 bits per heavy atom. The third-order valence-electron chi connectivity index (χ3n) is 4.07. The number of nitrogens with one attached hydrogen (secondary N) is 1. The zero-order valence-corrected chi connectivity index (χ0v) is 17.6. The molecule has 1 atom stereocenters. The molecule has 0 radical (unpaired) electrons. The largest absolute Gasteiger partial charge is 0.223 e. The molecule has 0 saturated carbocycles. The molecule has 0 bridgehead atoms. The Balaban J connectivity index is 2.35. The van der Waals surface area contributed by atoms with E-state index >= 15 is 0 Å². The van der Waals surface area contributed by atoms with Gasteiger partial charge in [0.15, 0.2) is 9.84 Å². The number of sulfone groups is 1. The Kier molecular flexibility index (Phi) is 7.01. The molecule has 0 spiro atoms. The molecule has 0 saturated heterocycles. The van der Waals surface area contributed by atoms with Crippen LogP contribution in [0.3, 0.4) is 0 Å². The lowest BCUT2D eigenvalue weighted by Crippen LogP contribution is -2.33. The third-order valence-corrected chi connectivity index (χ3v) is 8.86. The molecule has 0 aliphatic rings. The number of hydrogen-bond acceptors (Lipinski definition) is 5. The van der Waals surface area contributed by atoms with E-state index in [0.29, 0.717) is 17.2 Å². The van der Waals surface area contributed by atoms with E-state index in [9.17, 15) is 16.8 Å². The molecule has 26 heavy (non-hydrogen) atoms. The maximum Gasteiger partial charge on any atom is 0.211 e. The second-order valence-corrected chi connectivity index (χ2v) is 11.5. The Hall–Kier alpha value is -1.22. The standard InChI is InChI=1S/C18H25NO4S3/c1-4-12-25(20,21)19-13-18(17-6-5-11-24-17)26(22,23)16-9-7-15(8-10-16)14(2)3/h5-11,14,18-19H,4,12-13H2,1-3H3/t18-/m1/s1. The molecule has 2 rings (SSSR count). The maximum atomic E-state index is 13.2. The van der Waals surface area contributed by atoms with Gasteiger partial charge in [0.1, 0.15) is 5.25 Å². The van der Waals surface area contributed by atoms with Crippen molar-refractivity contribution in [1.29, 1.82) is 0 Å². The predicted molar refractivity (Wildman–Crippen MR) is 107 cm³/mol. The fraction of sp³-hybridized carbons (Fsp3) is 0.444. The van der Waals surface area contributed by atoms with Crippen molar-refractivity contribution in [2.45, 2.75) is 43.3 Å². The van der Waals surface area contributed by atoms with Gasteiger partial charge in [-0.3, -0.25) is 0 Å². The molecule has 0 aliphatic heterocycles. The van der Waals surface area contributed by atoms with E-state index in [1.807, 2.05) is 26.0 Å². The minimum absolute atomic E-state index is 0.0205. The van der Waals surface area contributed by atoms with Crippen molar-refractivity contribution < 1.29 is 16.8 Å². The summed E-state index contributed by atoms with van der Waals surface area (Å²) >= 11 is 1.31. The van der Waals surface area contributed by atoms with Crippen LogP contribution in [0, 0.1) is 0 Å². The summed E-state index contributed by atoms with van der Waals surface area (Å²) in [4.78, 5) is 0.826. The van der Waals surface area contributed by atoms with Crippen LogP contribution in [0.25, 0.3) is 0 Å². The molecule has 1 N–H and O–H groups in total. The Morgan fingerprint density at radius 3 is 2.19 bits per heavy atom. The number of rotatable bonds is 9. The molecule has 0 unspecified atom stereocenters. The molecule has 1 aromatic carbocycles. The summed E-state index contributed by atoms with van der Waals surface area (Å²) in [5, 5.41) is 0.847. The highest BCUT2D eigenvalue weighted by molar-refractivity contribution is 7.92. The lowest BCUT2D eigenvalue weighted by atomic mass is 10.0. The summed E-state index contributed by atoms with van der Waals surface area (Å²) in [5.41, 5.74) is 1.06. The van der Waals surface area contributed by atoms with Crippen LogP contribution in [0.15, 0.2) is 46.7 Å². The first-order valence-corrected chi connectivity index (χ1v) is 12.6. The molecule has 1 aromatic heterocycles. The van der Waals surface area contributed by atoms with Gasteiger partial charge in [-0.25, -0.2) is 21.6 Å². The molecule has 5 nitrogen and oxygen atoms in total. The average Bonchev–Trinajstić information content (AvgIpc) is 3.08. The maximum absolute atomic E-state index is 13.2. The van der Waals surface area contributed by atoms with Gasteiger partial charge in [-0.15, -0.1) is 11.3 Å². The number of benzene rings is 1. The van der Waals surface area contributed by atoms with E-state index < -0.39 is 25.1 Å². The van der Waals surface area contributed by atoms with Gasteiger partial charge in [0.05, 0.1) is 10.6 Å².